The largest absolute Gasteiger partial charge is 0.354 e. The van der Waals surface area contributed by atoms with Gasteiger partial charge in [-0.05, 0) is 29.3 Å². The molecule has 0 aromatic carbocycles. The summed E-state index contributed by atoms with van der Waals surface area (Å²) in [5.74, 6) is 0.0130. The van der Waals surface area contributed by atoms with Gasteiger partial charge in [0.2, 0.25) is 5.91 Å². The molecule has 0 spiro atoms. The summed E-state index contributed by atoms with van der Waals surface area (Å²) in [6, 6.07) is -0.256. The first-order chi connectivity index (χ1) is 7.15. The smallest absolute Gasteiger partial charge is 0.244 e. The molecule has 0 saturated carbocycles. The van der Waals surface area contributed by atoms with Crippen molar-refractivity contribution in [3.63, 3.8) is 0 Å². The van der Waals surface area contributed by atoms with Crippen LogP contribution in [0.5, 0.6) is 0 Å². The highest BCUT2D eigenvalue weighted by molar-refractivity contribution is 9.10. The molecule has 1 aromatic heterocycles. The Balaban J connectivity index is 2.46. The summed E-state index contributed by atoms with van der Waals surface area (Å²) in [5, 5.41) is 6.95. The maximum absolute atomic E-state index is 11.6. The van der Waals surface area contributed by atoms with Gasteiger partial charge < -0.3 is 5.32 Å². The van der Waals surface area contributed by atoms with Crippen LogP contribution in [0.3, 0.4) is 0 Å². The Hall–Kier alpha value is -0.840. The molecule has 0 radical (unpaired) electrons. The van der Waals surface area contributed by atoms with E-state index in [-0.39, 0.29) is 11.9 Å². The van der Waals surface area contributed by atoms with Crippen molar-refractivity contribution in [2.75, 3.05) is 6.54 Å². The second-order valence-corrected chi connectivity index (χ2v) is 4.37. The van der Waals surface area contributed by atoms with Crippen molar-refractivity contribution < 1.29 is 4.79 Å². The molecule has 1 rings (SSSR count). The third-order valence-corrected chi connectivity index (χ3v) is 2.59. The molecule has 1 aromatic rings. The molecule has 1 heterocycles. The quantitative estimate of drug-likeness (QED) is 0.836. The average molecular weight is 274 g/mol. The average Bonchev–Trinajstić information content (AvgIpc) is 2.64. The van der Waals surface area contributed by atoms with E-state index in [9.17, 15) is 4.79 Å². The van der Waals surface area contributed by atoms with Crippen molar-refractivity contribution in [2.45, 2.75) is 32.7 Å². The van der Waals surface area contributed by atoms with Gasteiger partial charge in [0, 0.05) is 12.7 Å². The molecule has 1 amide bonds. The van der Waals surface area contributed by atoms with E-state index in [2.05, 4.69) is 33.3 Å². The molecule has 0 bridgehead atoms. The summed E-state index contributed by atoms with van der Waals surface area (Å²) >= 11 is 3.30. The number of nitrogens with zero attached hydrogens (tertiary/aromatic N) is 2. The monoisotopic (exact) mass is 273 g/mol. The summed E-state index contributed by atoms with van der Waals surface area (Å²) in [6.07, 6.45) is 5.57. The minimum Gasteiger partial charge on any atom is -0.354 e. The third kappa shape index (κ3) is 3.66. The molecular formula is C10H16BrN3O. The van der Waals surface area contributed by atoms with Crippen LogP contribution < -0.4 is 5.32 Å². The summed E-state index contributed by atoms with van der Waals surface area (Å²) in [4.78, 5) is 11.6. The van der Waals surface area contributed by atoms with Crippen molar-refractivity contribution in [3.8, 4) is 0 Å². The van der Waals surface area contributed by atoms with E-state index in [0.717, 1.165) is 23.9 Å². The highest BCUT2D eigenvalue weighted by atomic mass is 79.9. The molecule has 0 aliphatic heterocycles. The van der Waals surface area contributed by atoms with E-state index >= 15 is 0 Å². The van der Waals surface area contributed by atoms with Crippen LogP contribution in [0.1, 0.15) is 32.7 Å². The van der Waals surface area contributed by atoms with Crippen LogP contribution >= 0.6 is 15.9 Å². The van der Waals surface area contributed by atoms with Gasteiger partial charge in [0.1, 0.15) is 6.04 Å². The van der Waals surface area contributed by atoms with Crippen LogP contribution in [0, 0.1) is 0 Å². The predicted molar refractivity (Wildman–Crippen MR) is 62.6 cm³/mol. The minimum atomic E-state index is -0.256. The van der Waals surface area contributed by atoms with Gasteiger partial charge in [-0.3, -0.25) is 9.48 Å². The van der Waals surface area contributed by atoms with Gasteiger partial charge in [-0.15, -0.1) is 0 Å². The zero-order valence-corrected chi connectivity index (χ0v) is 10.6. The van der Waals surface area contributed by atoms with Gasteiger partial charge in [-0.1, -0.05) is 13.3 Å². The Morgan fingerprint density at radius 2 is 2.47 bits per heavy atom. The maximum Gasteiger partial charge on any atom is 0.244 e. The molecular weight excluding hydrogens is 258 g/mol. The van der Waals surface area contributed by atoms with Crippen molar-refractivity contribution in [1.29, 1.82) is 0 Å². The molecule has 0 saturated heterocycles. The Morgan fingerprint density at radius 3 is 3.00 bits per heavy atom. The maximum atomic E-state index is 11.6. The molecule has 84 valence electrons. The normalized spacial score (nSPS) is 12.5. The number of amides is 1. The molecule has 0 aliphatic rings. The number of nitrogens with one attached hydrogen (secondary N) is 1. The van der Waals surface area contributed by atoms with E-state index < -0.39 is 0 Å². The topological polar surface area (TPSA) is 46.9 Å². The van der Waals surface area contributed by atoms with E-state index in [0.29, 0.717) is 0 Å². The first kappa shape index (κ1) is 12.2. The van der Waals surface area contributed by atoms with Gasteiger partial charge in [0.25, 0.3) is 0 Å². The van der Waals surface area contributed by atoms with Crippen molar-refractivity contribution >= 4 is 21.8 Å². The van der Waals surface area contributed by atoms with Crippen molar-refractivity contribution in [2.24, 2.45) is 0 Å². The fourth-order valence-corrected chi connectivity index (χ4v) is 1.48. The fourth-order valence-electron chi connectivity index (χ4n) is 1.18. The number of unbranched alkanes of at least 4 members (excludes halogenated alkanes) is 1. The van der Waals surface area contributed by atoms with E-state index in [1.165, 1.54) is 0 Å². The Bertz CT molecular complexity index is 324. The fraction of sp³-hybridized carbons (Fsp3) is 0.600. The molecule has 0 aliphatic carbocycles. The SMILES string of the molecule is CCCCNC(=O)C(C)n1cc(Br)cn1. The highest BCUT2D eigenvalue weighted by Gasteiger charge is 2.14. The summed E-state index contributed by atoms with van der Waals surface area (Å²) in [6.45, 7) is 4.67. The lowest BCUT2D eigenvalue weighted by atomic mass is 10.3. The lowest BCUT2D eigenvalue weighted by Gasteiger charge is -2.12. The number of hydrogen-bond acceptors (Lipinski definition) is 2. The standard InChI is InChI=1S/C10H16BrN3O/c1-3-4-5-12-10(15)8(2)14-7-9(11)6-13-14/h6-8H,3-5H2,1-2H3,(H,12,15). The number of carbonyl (C=O) groups is 1. The predicted octanol–water partition coefficient (Wildman–Crippen LogP) is 2.12. The molecule has 1 unspecified atom stereocenters. The first-order valence-electron chi connectivity index (χ1n) is 5.12. The van der Waals surface area contributed by atoms with E-state index in [1.807, 2.05) is 6.92 Å². The molecule has 1 atom stereocenters. The summed E-state index contributed by atoms with van der Waals surface area (Å²) < 4.78 is 2.53. The first-order valence-corrected chi connectivity index (χ1v) is 5.91. The minimum absolute atomic E-state index is 0.0130. The third-order valence-electron chi connectivity index (χ3n) is 2.18. The highest BCUT2D eigenvalue weighted by Crippen LogP contribution is 2.11. The van der Waals surface area contributed by atoms with Gasteiger partial charge in [0.15, 0.2) is 0 Å². The Labute approximate surface area is 98.2 Å². The van der Waals surface area contributed by atoms with E-state index in [4.69, 9.17) is 0 Å². The van der Waals surface area contributed by atoms with Crippen LogP contribution in [0.25, 0.3) is 0 Å². The number of halogens is 1. The van der Waals surface area contributed by atoms with E-state index in [1.54, 1.807) is 17.1 Å². The molecule has 15 heavy (non-hydrogen) atoms. The second-order valence-electron chi connectivity index (χ2n) is 3.46. The lowest BCUT2D eigenvalue weighted by Crippen LogP contribution is -2.31. The molecule has 5 heteroatoms. The summed E-state index contributed by atoms with van der Waals surface area (Å²) in [5.41, 5.74) is 0. The van der Waals surface area contributed by atoms with Gasteiger partial charge in [-0.2, -0.15) is 5.10 Å². The number of rotatable bonds is 5. The van der Waals surface area contributed by atoms with Gasteiger partial charge >= 0.3 is 0 Å². The number of carbonyl (C=O) groups excluding carboxylic acids is 1. The van der Waals surface area contributed by atoms with Crippen molar-refractivity contribution in [1.82, 2.24) is 15.1 Å². The zero-order chi connectivity index (χ0) is 11.3. The molecule has 4 nitrogen and oxygen atoms in total. The molecule has 1 N–H and O–H groups in total. The van der Waals surface area contributed by atoms with Crippen molar-refractivity contribution in [3.05, 3.63) is 16.9 Å². The Kier molecular flexibility index (Phi) is 4.81. The lowest BCUT2D eigenvalue weighted by molar-refractivity contribution is -0.124. The van der Waals surface area contributed by atoms with Crippen LogP contribution in [0.2, 0.25) is 0 Å². The van der Waals surface area contributed by atoms with Crippen LogP contribution in [0.4, 0.5) is 0 Å². The number of hydrogen-bond donors (Lipinski definition) is 1. The Morgan fingerprint density at radius 1 is 1.73 bits per heavy atom. The van der Waals surface area contributed by atoms with Crippen LogP contribution in [-0.2, 0) is 4.79 Å². The summed E-state index contributed by atoms with van der Waals surface area (Å²) in [7, 11) is 0. The van der Waals surface area contributed by atoms with Gasteiger partial charge in [-0.25, -0.2) is 0 Å². The van der Waals surface area contributed by atoms with Gasteiger partial charge in [0.05, 0.1) is 10.7 Å². The van der Waals surface area contributed by atoms with Crippen LogP contribution in [0.15, 0.2) is 16.9 Å². The molecule has 0 fully saturated rings. The zero-order valence-electron chi connectivity index (χ0n) is 9.03. The van der Waals surface area contributed by atoms with Crippen LogP contribution in [-0.4, -0.2) is 22.2 Å². The number of aromatic nitrogens is 2. The second kappa shape index (κ2) is 5.90.